The fraction of sp³-hybridized carbons (Fsp3) is 0.300. The van der Waals surface area contributed by atoms with Gasteiger partial charge in [-0.25, -0.2) is 17.9 Å². The highest BCUT2D eigenvalue weighted by Gasteiger charge is 2.13. The average Bonchev–Trinajstić information content (AvgIpc) is 2.34. The van der Waals surface area contributed by atoms with Gasteiger partial charge in [-0.15, -0.1) is 0 Å². The molecule has 1 aromatic rings. The van der Waals surface area contributed by atoms with Gasteiger partial charge in [0.25, 0.3) is 0 Å². The monoisotopic (exact) mass is 291 g/mol. The lowest BCUT2D eigenvalue weighted by atomic mass is 10.4. The molecule has 6 nitrogen and oxygen atoms in total. The van der Waals surface area contributed by atoms with E-state index in [-0.39, 0.29) is 24.0 Å². The summed E-state index contributed by atoms with van der Waals surface area (Å²) in [4.78, 5) is 10.9. The highest BCUT2D eigenvalue weighted by atomic mass is 35.5. The number of hydrogen-bond donors (Lipinski definition) is 3. The molecule has 0 radical (unpaired) electrons. The Kier molecular flexibility index (Phi) is 5.39. The number of rotatable bonds is 5. The number of carbonyl (C=O) groups is 1. The third-order valence-corrected chi connectivity index (χ3v) is 3.73. The number of halogens is 1. The normalized spacial score (nSPS) is 11.0. The van der Waals surface area contributed by atoms with Gasteiger partial charge in [0, 0.05) is 25.2 Å². The molecule has 0 heterocycles. The molecule has 0 aliphatic carbocycles. The van der Waals surface area contributed by atoms with Gasteiger partial charge in [-0.3, -0.25) is 0 Å². The van der Waals surface area contributed by atoms with Crippen LogP contribution in [0.25, 0.3) is 0 Å². The van der Waals surface area contributed by atoms with Gasteiger partial charge in [-0.2, -0.15) is 0 Å². The summed E-state index contributed by atoms with van der Waals surface area (Å²) >= 11 is 5.72. The number of urea groups is 1. The van der Waals surface area contributed by atoms with Crippen LogP contribution in [0.15, 0.2) is 29.2 Å². The van der Waals surface area contributed by atoms with Gasteiger partial charge in [-0.05, 0) is 18.2 Å². The van der Waals surface area contributed by atoms with Crippen LogP contribution < -0.4 is 15.4 Å². The molecule has 0 bridgehead atoms. The molecular formula is C10H14ClN3O3S. The Balaban J connectivity index is 2.53. The standard InChI is InChI=1S/C10H14ClN3O3S/c1-12-10(15)13-5-6-14-18(16,17)9-4-2-3-8(11)7-9/h2-4,7,14H,5-6H2,1H3,(H2,12,13,15). The van der Waals surface area contributed by atoms with E-state index in [1.54, 1.807) is 12.1 Å². The lowest BCUT2D eigenvalue weighted by Gasteiger charge is -2.07. The summed E-state index contributed by atoms with van der Waals surface area (Å²) in [6.07, 6.45) is 0. The van der Waals surface area contributed by atoms with E-state index in [9.17, 15) is 13.2 Å². The summed E-state index contributed by atoms with van der Waals surface area (Å²) in [7, 11) is -2.12. The van der Waals surface area contributed by atoms with Crippen LogP contribution in [0.4, 0.5) is 4.79 Å². The summed E-state index contributed by atoms with van der Waals surface area (Å²) in [6.45, 7) is 0.293. The van der Waals surface area contributed by atoms with Crippen molar-refractivity contribution in [1.82, 2.24) is 15.4 Å². The van der Waals surface area contributed by atoms with Gasteiger partial charge in [0.05, 0.1) is 4.90 Å². The van der Waals surface area contributed by atoms with E-state index in [2.05, 4.69) is 15.4 Å². The lowest BCUT2D eigenvalue weighted by Crippen LogP contribution is -2.38. The van der Waals surface area contributed by atoms with E-state index < -0.39 is 10.0 Å². The van der Waals surface area contributed by atoms with Crippen LogP contribution in [0.5, 0.6) is 0 Å². The topological polar surface area (TPSA) is 87.3 Å². The molecule has 18 heavy (non-hydrogen) atoms. The van der Waals surface area contributed by atoms with E-state index in [4.69, 9.17) is 11.6 Å². The van der Waals surface area contributed by atoms with Gasteiger partial charge in [-0.1, -0.05) is 17.7 Å². The van der Waals surface area contributed by atoms with Crippen molar-refractivity contribution in [3.05, 3.63) is 29.3 Å². The van der Waals surface area contributed by atoms with Gasteiger partial charge < -0.3 is 10.6 Å². The molecule has 0 aliphatic heterocycles. The first-order chi connectivity index (χ1) is 8.45. The minimum absolute atomic E-state index is 0.0925. The summed E-state index contributed by atoms with van der Waals surface area (Å²) < 4.78 is 26.0. The maximum atomic E-state index is 11.8. The SMILES string of the molecule is CNC(=O)NCCNS(=O)(=O)c1cccc(Cl)c1. The summed E-state index contributed by atoms with van der Waals surface area (Å²) in [5.41, 5.74) is 0. The fourth-order valence-electron chi connectivity index (χ4n) is 1.17. The van der Waals surface area contributed by atoms with E-state index in [1.807, 2.05) is 0 Å². The summed E-state index contributed by atoms with van der Waals surface area (Å²) in [5, 5.41) is 5.17. The first-order valence-corrected chi connectivity index (χ1v) is 7.02. The number of hydrogen-bond acceptors (Lipinski definition) is 3. The first kappa shape index (κ1) is 14.7. The maximum absolute atomic E-state index is 11.8. The Morgan fingerprint density at radius 2 is 2.06 bits per heavy atom. The number of benzene rings is 1. The van der Waals surface area contributed by atoms with Crippen molar-refractivity contribution in [2.45, 2.75) is 4.90 Å². The van der Waals surface area contributed by atoms with Crippen molar-refractivity contribution in [1.29, 1.82) is 0 Å². The molecule has 1 aromatic carbocycles. The number of nitrogens with one attached hydrogen (secondary N) is 3. The van der Waals surface area contributed by atoms with Crippen LogP contribution >= 0.6 is 11.6 Å². The number of sulfonamides is 1. The molecule has 8 heteroatoms. The highest BCUT2D eigenvalue weighted by molar-refractivity contribution is 7.89. The fourth-order valence-corrected chi connectivity index (χ4v) is 2.50. The Bertz CT molecular complexity index is 519. The van der Waals surface area contributed by atoms with E-state index in [0.29, 0.717) is 5.02 Å². The van der Waals surface area contributed by atoms with Crippen molar-refractivity contribution < 1.29 is 13.2 Å². The maximum Gasteiger partial charge on any atom is 0.314 e. The molecule has 0 fully saturated rings. The van der Waals surface area contributed by atoms with E-state index >= 15 is 0 Å². The Hall–Kier alpha value is -1.31. The molecule has 0 aliphatic rings. The van der Waals surface area contributed by atoms with Crippen LogP contribution in [0.2, 0.25) is 5.02 Å². The van der Waals surface area contributed by atoms with Crippen LogP contribution in [0.3, 0.4) is 0 Å². The van der Waals surface area contributed by atoms with Crippen LogP contribution in [0, 0.1) is 0 Å². The predicted molar refractivity (Wildman–Crippen MR) is 69.1 cm³/mol. The lowest BCUT2D eigenvalue weighted by molar-refractivity contribution is 0.243. The predicted octanol–water partition coefficient (Wildman–Crippen LogP) is 0.547. The molecule has 3 N–H and O–H groups in total. The van der Waals surface area contributed by atoms with Crippen molar-refractivity contribution in [3.8, 4) is 0 Å². The van der Waals surface area contributed by atoms with Gasteiger partial charge in [0.15, 0.2) is 0 Å². The van der Waals surface area contributed by atoms with Crippen LogP contribution in [0.1, 0.15) is 0 Å². The molecule has 0 spiro atoms. The zero-order valence-electron chi connectivity index (χ0n) is 9.73. The average molecular weight is 292 g/mol. The van der Waals surface area contributed by atoms with Crippen molar-refractivity contribution in [2.24, 2.45) is 0 Å². The largest absolute Gasteiger partial charge is 0.341 e. The molecule has 2 amide bonds. The molecule has 0 saturated carbocycles. The molecule has 0 atom stereocenters. The molecule has 0 unspecified atom stereocenters. The molecule has 0 aromatic heterocycles. The van der Waals surface area contributed by atoms with Crippen LogP contribution in [-0.4, -0.2) is 34.6 Å². The van der Waals surface area contributed by atoms with Gasteiger partial charge in [0.2, 0.25) is 10.0 Å². The molecular weight excluding hydrogens is 278 g/mol. The smallest absolute Gasteiger partial charge is 0.314 e. The third kappa shape index (κ3) is 4.52. The minimum Gasteiger partial charge on any atom is -0.341 e. The quantitative estimate of drug-likeness (QED) is 0.692. The van der Waals surface area contributed by atoms with Crippen LogP contribution in [-0.2, 0) is 10.0 Å². The Morgan fingerprint density at radius 1 is 1.33 bits per heavy atom. The van der Waals surface area contributed by atoms with Crippen molar-refractivity contribution in [3.63, 3.8) is 0 Å². The van der Waals surface area contributed by atoms with Gasteiger partial charge in [0.1, 0.15) is 0 Å². The van der Waals surface area contributed by atoms with Gasteiger partial charge >= 0.3 is 6.03 Å². The number of carbonyl (C=O) groups excluding carboxylic acids is 1. The van der Waals surface area contributed by atoms with Crippen molar-refractivity contribution >= 4 is 27.7 Å². The number of amides is 2. The van der Waals surface area contributed by atoms with Crippen molar-refractivity contribution in [2.75, 3.05) is 20.1 Å². The second kappa shape index (κ2) is 6.58. The molecule has 0 saturated heterocycles. The summed E-state index contributed by atoms with van der Waals surface area (Å²) in [6, 6.07) is 5.58. The second-order valence-corrected chi connectivity index (χ2v) is 5.56. The molecule has 1 rings (SSSR count). The molecule has 100 valence electrons. The first-order valence-electron chi connectivity index (χ1n) is 5.16. The van der Waals surface area contributed by atoms with E-state index in [1.165, 1.54) is 19.2 Å². The van der Waals surface area contributed by atoms with E-state index in [0.717, 1.165) is 0 Å². The second-order valence-electron chi connectivity index (χ2n) is 3.36. The third-order valence-electron chi connectivity index (χ3n) is 2.04. The zero-order valence-corrected chi connectivity index (χ0v) is 11.3. The highest BCUT2D eigenvalue weighted by Crippen LogP contribution is 2.14. The minimum atomic E-state index is -3.59. The zero-order chi connectivity index (χ0) is 13.6. The Labute approximate surface area is 111 Å². The summed E-state index contributed by atoms with van der Waals surface area (Å²) in [5.74, 6) is 0. The Morgan fingerprint density at radius 3 is 2.67 bits per heavy atom.